The number of fused-ring (bicyclic) bond motifs is 1. The molecule has 0 saturated carbocycles. The lowest BCUT2D eigenvalue weighted by atomic mass is 10.1. The van der Waals surface area contributed by atoms with Crippen LogP contribution in [0.2, 0.25) is 0 Å². The Bertz CT molecular complexity index is 1190. The maximum Gasteiger partial charge on any atom is 0.320 e. The lowest BCUT2D eigenvalue weighted by molar-refractivity contribution is -0.779. The molecule has 0 bridgehead atoms. The van der Waals surface area contributed by atoms with Gasteiger partial charge in [0.2, 0.25) is 5.27 Å². The molecule has 4 aromatic rings. The van der Waals surface area contributed by atoms with Crippen molar-refractivity contribution in [2.24, 2.45) is 4.99 Å². The number of nitrogens with two attached hydrogens (primary N) is 1. The van der Waals surface area contributed by atoms with Crippen LogP contribution in [0.5, 0.6) is 5.75 Å². The number of rotatable bonds is 5. The highest BCUT2D eigenvalue weighted by atomic mass is 32.1. The van der Waals surface area contributed by atoms with Gasteiger partial charge >= 0.3 is 5.88 Å². The molecule has 0 spiro atoms. The fourth-order valence-corrected chi connectivity index (χ4v) is 3.75. The van der Waals surface area contributed by atoms with Gasteiger partial charge in [-0.15, -0.1) is 11.3 Å². The van der Waals surface area contributed by atoms with Crippen LogP contribution in [0, 0.1) is 0 Å². The van der Waals surface area contributed by atoms with Crippen LogP contribution in [0.25, 0.3) is 21.5 Å². The van der Waals surface area contributed by atoms with E-state index in [4.69, 9.17) is 15.0 Å². The van der Waals surface area contributed by atoms with Gasteiger partial charge in [-0.2, -0.15) is 0 Å². The Morgan fingerprint density at radius 2 is 2.00 bits per heavy atom. The van der Waals surface area contributed by atoms with Gasteiger partial charge in [-0.1, -0.05) is 0 Å². The number of anilines is 1. The summed E-state index contributed by atoms with van der Waals surface area (Å²) in [6, 6.07) is 11.5. The molecule has 0 aliphatic carbocycles. The molecular formula is C20H19N5O3S. The average Bonchev–Trinajstić information content (AvgIpc) is 3.32. The molecule has 148 valence electrons. The van der Waals surface area contributed by atoms with E-state index in [1.807, 2.05) is 50.2 Å². The number of hydrogen-bond acceptors (Lipinski definition) is 8. The predicted octanol–water partition coefficient (Wildman–Crippen LogP) is 2.85. The molecule has 29 heavy (non-hydrogen) atoms. The van der Waals surface area contributed by atoms with Crippen LogP contribution in [0.4, 0.5) is 11.6 Å². The Hall–Kier alpha value is -3.46. The smallest absolute Gasteiger partial charge is 0.320 e. The van der Waals surface area contributed by atoms with Crippen LogP contribution >= 0.6 is 11.3 Å². The Morgan fingerprint density at radius 3 is 2.66 bits per heavy atom. The molecule has 0 aliphatic heterocycles. The third kappa shape index (κ3) is 3.64. The zero-order valence-corrected chi connectivity index (χ0v) is 16.9. The highest BCUT2D eigenvalue weighted by Gasteiger charge is 2.16. The molecule has 9 heteroatoms. The van der Waals surface area contributed by atoms with Crippen LogP contribution in [-0.2, 0) is 0 Å². The molecule has 0 saturated heterocycles. The van der Waals surface area contributed by atoms with E-state index in [2.05, 4.69) is 15.2 Å². The van der Waals surface area contributed by atoms with E-state index < -0.39 is 5.90 Å². The number of pyridine rings is 1. The van der Waals surface area contributed by atoms with E-state index in [0.29, 0.717) is 15.4 Å². The van der Waals surface area contributed by atoms with E-state index in [1.54, 1.807) is 18.0 Å². The third-order valence-corrected chi connectivity index (χ3v) is 5.49. The number of ether oxygens (including phenoxy) is 1. The van der Waals surface area contributed by atoms with E-state index in [-0.39, 0.29) is 11.9 Å². The molecule has 4 rings (SSSR count). The first-order valence-corrected chi connectivity index (χ1v) is 9.75. The van der Waals surface area contributed by atoms with Crippen molar-refractivity contribution in [2.75, 3.05) is 12.8 Å². The van der Waals surface area contributed by atoms with Crippen LogP contribution in [0.3, 0.4) is 0 Å². The summed E-state index contributed by atoms with van der Waals surface area (Å²) in [5.41, 5.74) is 8.28. The molecular weight excluding hydrogens is 390 g/mol. The predicted molar refractivity (Wildman–Crippen MR) is 109 cm³/mol. The standard InChI is InChI=1S/C20H19N5O3S/c1-11(2)25-10-16(28-24-25)23-19(26)18-17(21)14-8-9-15(22-20(14)29-18)12-4-6-13(27-3)7-5-12/h4-11H,1-3H3,(H2-,21,23,24,26). The molecule has 0 amide bonds. The van der Waals surface area contributed by atoms with E-state index in [0.717, 1.165) is 22.4 Å². The maximum atomic E-state index is 12.6. The Labute approximate surface area is 170 Å². The summed E-state index contributed by atoms with van der Waals surface area (Å²) in [4.78, 5) is 9.65. The van der Waals surface area contributed by atoms with Crippen molar-refractivity contribution >= 4 is 39.0 Å². The van der Waals surface area contributed by atoms with Crippen molar-refractivity contribution in [2.45, 2.75) is 19.9 Å². The Morgan fingerprint density at radius 1 is 1.24 bits per heavy atom. The second-order valence-electron chi connectivity index (χ2n) is 6.65. The Balaban J connectivity index is 1.69. The van der Waals surface area contributed by atoms with Gasteiger partial charge in [-0.25, -0.2) is 9.98 Å². The van der Waals surface area contributed by atoms with Gasteiger partial charge in [0.1, 0.15) is 10.6 Å². The second kappa shape index (κ2) is 7.51. The summed E-state index contributed by atoms with van der Waals surface area (Å²) in [7, 11) is 1.62. The normalized spacial score (nSPS) is 12.1. The number of nitrogens with zero attached hydrogens (tertiary/aromatic N) is 4. The zero-order valence-electron chi connectivity index (χ0n) is 16.1. The highest BCUT2D eigenvalue weighted by molar-refractivity contribution is 7.21. The molecule has 3 aromatic heterocycles. The number of thiophene rings is 1. The fraction of sp³-hybridized carbons (Fsp3) is 0.200. The number of aliphatic imine (C=N–C) groups is 1. The SMILES string of the molecule is COc1ccc(-c2ccc3c(N)c(/C([O-])=N/c4c[n+](C(C)C)no4)sc3n2)cc1. The quantitative estimate of drug-likeness (QED) is 0.308. The molecule has 0 radical (unpaired) electrons. The third-order valence-electron chi connectivity index (χ3n) is 4.39. The number of aromatic nitrogens is 3. The zero-order chi connectivity index (χ0) is 20.5. The molecule has 0 fully saturated rings. The van der Waals surface area contributed by atoms with Crippen molar-refractivity contribution in [3.05, 3.63) is 47.5 Å². The monoisotopic (exact) mass is 409 g/mol. The molecule has 0 unspecified atom stereocenters. The Kier molecular flexibility index (Phi) is 4.89. The number of hydrogen-bond donors (Lipinski definition) is 1. The topological polar surface area (TPSA) is 113 Å². The summed E-state index contributed by atoms with van der Waals surface area (Å²) < 4.78 is 11.9. The highest BCUT2D eigenvalue weighted by Crippen LogP contribution is 2.34. The fourth-order valence-electron chi connectivity index (χ4n) is 2.77. The van der Waals surface area contributed by atoms with Crippen molar-refractivity contribution in [1.82, 2.24) is 10.3 Å². The van der Waals surface area contributed by atoms with Gasteiger partial charge in [-0.3, -0.25) is 4.52 Å². The number of nitrogen functional groups attached to an aromatic ring is 1. The van der Waals surface area contributed by atoms with E-state index >= 15 is 0 Å². The lowest BCUT2D eigenvalue weighted by Gasteiger charge is -2.06. The van der Waals surface area contributed by atoms with Crippen molar-refractivity contribution in [3.63, 3.8) is 0 Å². The summed E-state index contributed by atoms with van der Waals surface area (Å²) >= 11 is 1.21. The van der Waals surface area contributed by atoms with Crippen LogP contribution in [0.1, 0.15) is 24.8 Å². The van der Waals surface area contributed by atoms with Gasteiger partial charge in [0.25, 0.3) is 6.20 Å². The minimum Gasteiger partial charge on any atom is -0.857 e. The van der Waals surface area contributed by atoms with Gasteiger partial charge in [0.05, 0.1) is 23.4 Å². The van der Waals surface area contributed by atoms with Crippen LogP contribution in [0.15, 0.2) is 52.1 Å². The number of methoxy groups -OCH3 is 1. The first-order valence-electron chi connectivity index (χ1n) is 8.94. The first-order chi connectivity index (χ1) is 14.0. The minimum atomic E-state index is -0.483. The lowest BCUT2D eigenvalue weighted by Crippen LogP contribution is -2.36. The molecule has 0 atom stereocenters. The largest absolute Gasteiger partial charge is 0.857 e. The van der Waals surface area contributed by atoms with Crippen LogP contribution < -0.4 is 20.3 Å². The molecule has 3 heterocycles. The van der Waals surface area contributed by atoms with Crippen molar-refractivity contribution in [3.8, 4) is 17.0 Å². The molecule has 8 nitrogen and oxygen atoms in total. The van der Waals surface area contributed by atoms with Crippen molar-refractivity contribution < 1.29 is 19.0 Å². The first kappa shape index (κ1) is 18.9. The van der Waals surface area contributed by atoms with Gasteiger partial charge in [0, 0.05) is 16.8 Å². The van der Waals surface area contributed by atoms with E-state index in [9.17, 15) is 5.11 Å². The molecule has 0 aliphatic rings. The molecule has 1 aromatic carbocycles. The summed E-state index contributed by atoms with van der Waals surface area (Å²) in [5.74, 6) is 0.423. The average molecular weight is 409 g/mol. The molecule has 2 N–H and O–H groups in total. The van der Waals surface area contributed by atoms with Gasteiger partial charge in [-0.05, 0) is 54.9 Å². The summed E-state index contributed by atoms with van der Waals surface area (Å²) in [6.07, 6.45) is 1.58. The second-order valence-corrected chi connectivity index (χ2v) is 7.65. The summed E-state index contributed by atoms with van der Waals surface area (Å²) in [5, 5.41) is 17.2. The minimum absolute atomic E-state index is 0.104. The number of benzene rings is 1. The van der Waals surface area contributed by atoms with E-state index in [1.165, 1.54) is 11.3 Å². The van der Waals surface area contributed by atoms with Crippen LogP contribution in [-0.4, -0.2) is 23.3 Å². The van der Waals surface area contributed by atoms with Gasteiger partial charge in [0.15, 0.2) is 6.04 Å². The summed E-state index contributed by atoms with van der Waals surface area (Å²) in [6.45, 7) is 3.90. The maximum absolute atomic E-state index is 12.6. The van der Waals surface area contributed by atoms with Crippen molar-refractivity contribution in [1.29, 1.82) is 0 Å². The van der Waals surface area contributed by atoms with Gasteiger partial charge < -0.3 is 15.6 Å².